The van der Waals surface area contributed by atoms with E-state index < -0.39 is 10.8 Å². The Morgan fingerprint density at radius 3 is 2.77 bits per heavy atom. The third-order valence-corrected chi connectivity index (χ3v) is 8.05. The Bertz CT molecular complexity index is 1010. The molecule has 2 saturated heterocycles. The zero-order valence-corrected chi connectivity index (χ0v) is 18.2. The number of morpholine rings is 1. The number of hydrogen-bond donors (Lipinski definition) is 3. The fourth-order valence-corrected chi connectivity index (χ4v) is 5.92. The van der Waals surface area contributed by atoms with Crippen molar-refractivity contribution < 1.29 is 18.6 Å². The first kappa shape index (κ1) is 20.7. The maximum absolute atomic E-state index is 12.7. The van der Waals surface area contributed by atoms with Crippen LogP contribution in [-0.2, 0) is 22.7 Å². The van der Waals surface area contributed by atoms with Crippen LogP contribution in [0.5, 0.6) is 0 Å². The number of fused-ring (bicyclic) bond motifs is 1. The van der Waals surface area contributed by atoms with Gasteiger partial charge in [0.15, 0.2) is 0 Å². The molecule has 2 aromatic rings. The molecule has 9 heteroatoms. The molecule has 1 aromatic carbocycles. The Kier molecular flexibility index (Phi) is 5.63. The summed E-state index contributed by atoms with van der Waals surface area (Å²) in [5.74, 6) is 0.320. The maximum atomic E-state index is 12.7. The summed E-state index contributed by atoms with van der Waals surface area (Å²) in [5.41, 5.74) is 4.22. The minimum absolute atomic E-state index is 0.114. The van der Waals surface area contributed by atoms with Crippen LogP contribution in [0.4, 0.5) is 5.69 Å². The van der Waals surface area contributed by atoms with Gasteiger partial charge in [0.25, 0.3) is 5.91 Å². The zero-order chi connectivity index (χ0) is 21.4. The van der Waals surface area contributed by atoms with Crippen LogP contribution in [0.25, 0.3) is 11.6 Å². The van der Waals surface area contributed by atoms with Crippen molar-refractivity contribution >= 4 is 34.0 Å². The molecule has 0 bridgehead atoms. The van der Waals surface area contributed by atoms with Gasteiger partial charge in [0, 0.05) is 49.3 Å². The molecule has 0 spiro atoms. The second kappa shape index (κ2) is 8.42. The third kappa shape index (κ3) is 4.30. The number of aromatic nitrogens is 1. The first-order valence-electron chi connectivity index (χ1n) is 10.6. The van der Waals surface area contributed by atoms with Crippen molar-refractivity contribution in [3.63, 3.8) is 0 Å². The van der Waals surface area contributed by atoms with E-state index >= 15 is 0 Å². The number of amides is 1. The number of benzene rings is 1. The third-order valence-electron chi connectivity index (χ3n) is 6.08. The monoisotopic (exact) mass is 444 g/mol. The Balaban J connectivity index is 1.40. The summed E-state index contributed by atoms with van der Waals surface area (Å²) in [4.78, 5) is 15.0. The average Bonchev–Trinajstić information content (AvgIpc) is 3.42. The van der Waals surface area contributed by atoms with E-state index in [1.165, 1.54) is 0 Å². The molecule has 5 rings (SSSR count). The Morgan fingerprint density at radius 2 is 2.00 bits per heavy atom. The number of nitrogens with zero attached hydrogens (tertiary/aromatic N) is 3. The molecule has 1 aromatic heterocycles. The summed E-state index contributed by atoms with van der Waals surface area (Å²) in [6.45, 7) is 5.19. The lowest BCUT2D eigenvalue weighted by molar-refractivity contribution is -0.110. The fraction of sp³-hybridized carbons (Fsp3) is 0.409. The van der Waals surface area contributed by atoms with E-state index in [9.17, 15) is 13.9 Å². The van der Waals surface area contributed by atoms with Crippen LogP contribution in [0.2, 0.25) is 0 Å². The standard InChI is InChI=1S/C22H28N4O4S/c27-22-20(14-18-3-1-6-25(18)16-24-8-10-30-11-9-24)19-13-17(4-5-21(19)23-22)15-26-7-2-12-31(26,28)29/h1,3-6,13-14,28-29H,2,7-12,15-16H2,(H,23,27). The van der Waals surface area contributed by atoms with Crippen LogP contribution >= 0.6 is 10.8 Å². The van der Waals surface area contributed by atoms with E-state index in [0.29, 0.717) is 24.4 Å². The summed E-state index contributed by atoms with van der Waals surface area (Å²) in [6, 6.07) is 9.84. The van der Waals surface area contributed by atoms with Gasteiger partial charge in [-0.15, -0.1) is 10.8 Å². The molecule has 8 nitrogen and oxygen atoms in total. The summed E-state index contributed by atoms with van der Waals surface area (Å²) in [6.07, 6.45) is 4.76. The molecule has 31 heavy (non-hydrogen) atoms. The fourth-order valence-electron chi connectivity index (χ4n) is 4.37. The van der Waals surface area contributed by atoms with Crippen LogP contribution < -0.4 is 5.32 Å². The van der Waals surface area contributed by atoms with Gasteiger partial charge in [0.2, 0.25) is 0 Å². The number of carbonyl (C=O) groups is 1. The van der Waals surface area contributed by atoms with E-state index in [-0.39, 0.29) is 5.91 Å². The molecular weight excluding hydrogens is 416 g/mol. The Morgan fingerprint density at radius 1 is 1.16 bits per heavy atom. The number of rotatable bonds is 5. The molecular formula is C22H28N4O4S. The van der Waals surface area contributed by atoms with Crippen LogP contribution in [-0.4, -0.2) is 67.4 Å². The van der Waals surface area contributed by atoms with Crippen molar-refractivity contribution in [3.8, 4) is 0 Å². The lowest BCUT2D eigenvalue weighted by Crippen LogP contribution is -2.37. The Labute approximate surface area is 183 Å². The predicted molar refractivity (Wildman–Crippen MR) is 123 cm³/mol. The molecule has 1 amide bonds. The minimum atomic E-state index is -2.67. The maximum Gasteiger partial charge on any atom is 0.256 e. The molecule has 3 N–H and O–H groups in total. The highest BCUT2D eigenvalue weighted by Gasteiger charge is 2.30. The van der Waals surface area contributed by atoms with Gasteiger partial charge in [-0.25, -0.2) is 4.31 Å². The molecule has 0 aliphatic carbocycles. The van der Waals surface area contributed by atoms with Gasteiger partial charge in [-0.05, 0) is 42.3 Å². The first-order chi connectivity index (χ1) is 15.0. The second-order valence-electron chi connectivity index (χ2n) is 8.22. The summed E-state index contributed by atoms with van der Waals surface area (Å²) in [5, 5.41) is 2.95. The summed E-state index contributed by atoms with van der Waals surface area (Å²) < 4.78 is 29.7. The molecule has 4 heterocycles. The van der Waals surface area contributed by atoms with Gasteiger partial charge < -0.3 is 14.6 Å². The van der Waals surface area contributed by atoms with Crippen LogP contribution in [0, 0.1) is 0 Å². The molecule has 0 atom stereocenters. The lowest BCUT2D eigenvalue weighted by Gasteiger charge is -2.36. The Hall–Kier alpha value is -2.14. The van der Waals surface area contributed by atoms with Gasteiger partial charge in [0.05, 0.1) is 31.2 Å². The van der Waals surface area contributed by atoms with Gasteiger partial charge in [-0.1, -0.05) is 6.07 Å². The number of nitrogens with one attached hydrogen (secondary N) is 1. The highest BCUT2D eigenvalue weighted by atomic mass is 32.3. The van der Waals surface area contributed by atoms with Gasteiger partial charge in [-0.2, -0.15) is 0 Å². The quantitative estimate of drug-likeness (QED) is 0.614. The minimum Gasteiger partial charge on any atom is -0.379 e. The summed E-state index contributed by atoms with van der Waals surface area (Å²) >= 11 is 0. The van der Waals surface area contributed by atoms with E-state index in [4.69, 9.17) is 4.74 Å². The second-order valence-corrected chi connectivity index (χ2v) is 10.4. The van der Waals surface area contributed by atoms with E-state index in [1.54, 1.807) is 4.31 Å². The number of carbonyl (C=O) groups excluding carboxylic acids is 1. The van der Waals surface area contributed by atoms with E-state index in [1.807, 2.05) is 42.6 Å². The van der Waals surface area contributed by atoms with Crippen LogP contribution in [0.1, 0.15) is 23.2 Å². The summed E-state index contributed by atoms with van der Waals surface area (Å²) in [7, 11) is -2.67. The van der Waals surface area contributed by atoms with Crippen molar-refractivity contribution in [1.82, 2.24) is 13.8 Å². The average molecular weight is 445 g/mol. The van der Waals surface area contributed by atoms with Crippen molar-refractivity contribution in [1.29, 1.82) is 0 Å². The van der Waals surface area contributed by atoms with E-state index in [2.05, 4.69) is 14.8 Å². The van der Waals surface area contributed by atoms with Crippen molar-refractivity contribution in [3.05, 3.63) is 53.3 Å². The van der Waals surface area contributed by atoms with Crippen LogP contribution in [0.15, 0.2) is 36.5 Å². The smallest absolute Gasteiger partial charge is 0.256 e. The van der Waals surface area contributed by atoms with Gasteiger partial charge >= 0.3 is 0 Å². The molecule has 166 valence electrons. The largest absolute Gasteiger partial charge is 0.379 e. The van der Waals surface area contributed by atoms with Crippen molar-refractivity contribution in [2.75, 3.05) is 43.9 Å². The van der Waals surface area contributed by atoms with Crippen molar-refractivity contribution in [2.45, 2.75) is 19.6 Å². The van der Waals surface area contributed by atoms with Crippen molar-refractivity contribution in [2.24, 2.45) is 0 Å². The molecule has 0 unspecified atom stereocenters. The SMILES string of the molecule is O=C1Nc2ccc(CN3CCCS3(O)O)cc2C1=Cc1cccn1CN1CCOCC1. The normalized spacial score (nSPS) is 23.8. The van der Waals surface area contributed by atoms with Gasteiger partial charge in [-0.3, -0.25) is 18.8 Å². The number of hydrogen-bond acceptors (Lipinski definition) is 6. The number of anilines is 1. The highest BCUT2D eigenvalue weighted by Crippen LogP contribution is 2.49. The molecule has 0 saturated carbocycles. The predicted octanol–water partition coefficient (Wildman–Crippen LogP) is 3.14. The molecule has 3 aliphatic rings. The lowest BCUT2D eigenvalue weighted by atomic mass is 10.0. The topological polar surface area (TPSA) is 90.2 Å². The molecule has 0 radical (unpaired) electrons. The van der Waals surface area contributed by atoms with Gasteiger partial charge in [0.1, 0.15) is 0 Å². The first-order valence-corrected chi connectivity index (χ1v) is 12.3. The highest BCUT2D eigenvalue weighted by molar-refractivity contribution is 8.22. The molecule has 3 aliphatic heterocycles. The zero-order valence-electron chi connectivity index (χ0n) is 17.4. The number of ether oxygens (including phenoxy) is 1. The van der Waals surface area contributed by atoms with Crippen LogP contribution in [0.3, 0.4) is 0 Å². The molecule has 2 fully saturated rings. The van der Waals surface area contributed by atoms with E-state index in [0.717, 1.165) is 61.9 Å².